The van der Waals surface area contributed by atoms with E-state index in [2.05, 4.69) is 21.0 Å². The summed E-state index contributed by atoms with van der Waals surface area (Å²) < 4.78 is 7.12. The van der Waals surface area contributed by atoms with Crippen molar-refractivity contribution in [3.8, 4) is 0 Å². The van der Waals surface area contributed by atoms with E-state index in [4.69, 9.17) is 4.74 Å². The van der Waals surface area contributed by atoms with Crippen LogP contribution in [0.15, 0.2) is 0 Å². The summed E-state index contributed by atoms with van der Waals surface area (Å²) in [5, 5.41) is 0. The first-order valence-corrected chi connectivity index (χ1v) is 13.9. The molecule has 0 N–H and O–H groups in total. The third kappa shape index (κ3) is 6.95. The second kappa shape index (κ2) is 12.1. The summed E-state index contributed by atoms with van der Waals surface area (Å²) in [6, 6.07) is 0. The van der Waals surface area contributed by atoms with Crippen molar-refractivity contribution in [3.05, 3.63) is 0 Å². The fraction of sp³-hybridized carbons (Fsp3) is 0.964. The van der Waals surface area contributed by atoms with Crippen molar-refractivity contribution in [1.29, 1.82) is 0 Å². The molecule has 4 fully saturated rings. The Balaban J connectivity index is 1.31. The first-order chi connectivity index (χ1) is 15.0. The maximum atomic E-state index is 11.5. The van der Waals surface area contributed by atoms with Gasteiger partial charge in [-0.05, 0) is 75.0 Å². The molecule has 0 aromatic rings. The van der Waals surface area contributed by atoms with Gasteiger partial charge in [-0.3, -0.25) is 4.79 Å². The van der Waals surface area contributed by atoms with Gasteiger partial charge >= 0.3 is 0 Å². The fourth-order valence-corrected chi connectivity index (χ4v) is 7.65. The molecule has 180 valence electrons. The van der Waals surface area contributed by atoms with Gasteiger partial charge in [-0.25, -0.2) is 0 Å². The lowest BCUT2D eigenvalue weighted by molar-refractivity contribution is -0.890. The summed E-state index contributed by atoms with van der Waals surface area (Å²) in [7, 11) is 4.80. The molecule has 0 spiro atoms. The zero-order valence-electron chi connectivity index (χ0n) is 21.1. The van der Waals surface area contributed by atoms with Crippen LogP contribution in [-0.2, 0) is 9.53 Å². The van der Waals surface area contributed by atoms with Crippen molar-refractivity contribution < 1.29 is 14.0 Å². The van der Waals surface area contributed by atoms with Crippen molar-refractivity contribution in [2.45, 2.75) is 122 Å². The van der Waals surface area contributed by atoms with Gasteiger partial charge in [0.1, 0.15) is 5.60 Å². The predicted molar refractivity (Wildman–Crippen MR) is 130 cm³/mol. The monoisotopic (exact) mass is 434 g/mol. The molecule has 0 aromatic heterocycles. The minimum absolute atomic E-state index is 0.119. The van der Waals surface area contributed by atoms with E-state index in [0.717, 1.165) is 29.2 Å². The summed E-state index contributed by atoms with van der Waals surface area (Å²) in [5.74, 6) is 3.14. The van der Waals surface area contributed by atoms with E-state index in [1.165, 1.54) is 116 Å². The van der Waals surface area contributed by atoms with Crippen LogP contribution in [0.2, 0.25) is 0 Å². The first-order valence-electron chi connectivity index (χ1n) is 13.9. The standard InChI is InChI=1S/C28H52NO2/c1-4-5-6-7-8-9-10-11-12-13-16-29(2,3)17-14-15-28(31-23-30)26-19-24-18-25(21-26)22-27(28)20-24/h23-27H,4-22H2,1-3H3/q+1. The molecular formula is C28H52NO2+. The lowest BCUT2D eigenvalue weighted by atomic mass is 9.49. The van der Waals surface area contributed by atoms with E-state index in [9.17, 15) is 4.79 Å². The minimum Gasteiger partial charge on any atom is -0.461 e. The van der Waals surface area contributed by atoms with Crippen LogP contribution in [-0.4, -0.2) is 43.7 Å². The molecular weight excluding hydrogens is 382 g/mol. The van der Waals surface area contributed by atoms with Crippen LogP contribution in [0.4, 0.5) is 0 Å². The van der Waals surface area contributed by atoms with Crippen LogP contribution in [0.3, 0.4) is 0 Å². The second-order valence-corrected chi connectivity index (χ2v) is 12.1. The van der Waals surface area contributed by atoms with Gasteiger partial charge in [0.25, 0.3) is 6.47 Å². The topological polar surface area (TPSA) is 26.3 Å². The third-order valence-electron chi connectivity index (χ3n) is 9.24. The van der Waals surface area contributed by atoms with Gasteiger partial charge in [0, 0.05) is 6.42 Å². The van der Waals surface area contributed by atoms with Gasteiger partial charge in [-0.2, -0.15) is 0 Å². The lowest BCUT2D eigenvalue weighted by Crippen LogP contribution is -2.59. The van der Waals surface area contributed by atoms with Crippen molar-refractivity contribution in [1.82, 2.24) is 0 Å². The molecule has 3 nitrogen and oxygen atoms in total. The van der Waals surface area contributed by atoms with Crippen LogP contribution in [0.5, 0.6) is 0 Å². The van der Waals surface area contributed by atoms with E-state index in [-0.39, 0.29) is 5.60 Å². The number of nitrogens with zero attached hydrogens (tertiary/aromatic N) is 1. The van der Waals surface area contributed by atoms with Gasteiger partial charge in [0.05, 0.1) is 27.2 Å². The van der Waals surface area contributed by atoms with Gasteiger partial charge in [-0.15, -0.1) is 0 Å². The molecule has 0 atom stereocenters. The lowest BCUT2D eigenvalue weighted by Gasteiger charge is -2.60. The molecule has 0 heterocycles. The van der Waals surface area contributed by atoms with E-state index < -0.39 is 0 Å². The van der Waals surface area contributed by atoms with E-state index in [0.29, 0.717) is 11.8 Å². The minimum atomic E-state index is -0.119. The highest BCUT2D eigenvalue weighted by atomic mass is 16.5. The van der Waals surface area contributed by atoms with Crippen molar-refractivity contribution in [3.63, 3.8) is 0 Å². The number of hydrogen-bond acceptors (Lipinski definition) is 2. The average molecular weight is 435 g/mol. The van der Waals surface area contributed by atoms with Gasteiger partial charge in [0.2, 0.25) is 0 Å². The smallest absolute Gasteiger partial charge is 0.293 e. The number of unbranched alkanes of at least 4 members (excludes halogenated alkanes) is 9. The second-order valence-electron chi connectivity index (χ2n) is 12.1. The van der Waals surface area contributed by atoms with Crippen LogP contribution < -0.4 is 0 Å². The highest BCUT2D eigenvalue weighted by molar-refractivity contribution is 5.39. The third-order valence-corrected chi connectivity index (χ3v) is 9.24. The summed E-state index contributed by atoms with van der Waals surface area (Å²) in [6.07, 6.45) is 23.1. The zero-order chi connectivity index (χ0) is 22.2. The molecule has 4 rings (SSSR count). The highest BCUT2D eigenvalue weighted by Gasteiger charge is 2.58. The number of hydrogen-bond donors (Lipinski definition) is 0. The highest BCUT2D eigenvalue weighted by Crippen LogP contribution is 2.60. The molecule has 4 saturated carbocycles. The van der Waals surface area contributed by atoms with E-state index >= 15 is 0 Å². The van der Waals surface area contributed by atoms with Crippen LogP contribution >= 0.6 is 0 Å². The Kier molecular flexibility index (Phi) is 9.74. The van der Waals surface area contributed by atoms with Gasteiger partial charge in [-0.1, -0.05) is 58.3 Å². The number of quaternary nitrogens is 1. The Morgan fingerprint density at radius 3 is 1.74 bits per heavy atom. The summed E-state index contributed by atoms with van der Waals surface area (Å²) in [5.41, 5.74) is -0.119. The largest absolute Gasteiger partial charge is 0.461 e. The van der Waals surface area contributed by atoms with E-state index in [1.54, 1.807) is 0 Å². The molecule has 4 bridgehead atoms. The number of rotatable bonds is 17. The summed E-state index contributed by atoms with van der Waals surface area (Å²) in [6.45, 7) is 5.58. The van der Waals surface area contributed by atoms with Gasteiger partial charge < -0.3 is 9.22 Å². The van der Waals surface area contributed by atoms with Crippen LogP contribution in [0.25, 0.3) is 0 Å². The summed E-state index contributed by atoms with van der Waals surface area (Å²) >= 11 is 0. The number of carbonyl (C=O) groups is 1. The Labute approximate surface area is 193 Å². The Bertz CT molecular complexity index is 501. The van der Waals surface area contributed by atoms with Crippen molar-refractivity contribution in [2.75, 3.05) is 27.2 Å². The van der Waals surface area contributed by atoms with Crippen LogP contribution in [0.1, 0.15) is 116 Å². The molecule has 0 saturated heterocycles. The average Bonchev–Trinajstić information content (AvgIpc) is 2.72. The Morgan fingerprint density at radius 2 is 1.23 bits per heavy atom. The first kappa shape index (κ1) is 25.1. The molecule has 3 heteroatoms. The number of ether oxygens (including phenoxy) is 1. The molecule has 4 aliphatic rings. The van der Waals surface area contributed by atoms with Crippen LogP contribution in [0, 0.1) is 23.7 Å². The number of carbonyl (C=O) groups excluding carboxylic acids is 1. The quantitative estimate of drug-likeness (QED) is 0.138. The Hall–Kier alpha value is -0.570. The molecule has 4 aliphatic carbocycles. The van der Waals surface area contributed by atoms with E-state index in [1.807, 2.05) is 0 Å². The Morgan fingerprint density at radius 1 is 0.742 bits per heavy atom. The molecule has 0 amide bonds. The predicted octanol–water partition coefficient (Wildman–Crippen LogP) is 7.13. The van der Waals surface area contributed by atoms with Crippen molar-refractivity contribution in [2.24, 2.45) is 23.7 Å². The SMILES string of the molecule is CCCCCCCCCCCC[N+](C)(C)CCCC1(OC=O)C2CC3CC(C2)CC1C3. The van der Waals surface area contributed by atoms with Gasteiger partial charge in [0.15, 0.2) is 0 Å². The fourth-order valence-electron chi connectivity index (χ4n) is 7.65. The van der Waals surface area contributed by atoms with Crippen molar-refractivity contribution >= 4 is 6.47 Å². The molecule has 0 unspecified atom stereocenters. The maximum Gasteiger partial charge on any atom is 0.293 e. The molecule has 0 radical (unpaired) electrons. The molecule has 0 aromatic carbocycles. The maximum absolute atomic E-state index is 11.5. The molecule has 31 heavy (non-hydrogen) atoms. The zero-order valence-corrected chi connectivity index (χ0v) is 21.1. The normalized spacial score (nSPS) is 31.8. The summed E-state index contributed by atoms with van der Waals surface area (Å²) in [4.78, 5) is 11.5. The molecule has 0 aliphatic heterocycles.